The molecule has 0 aliphatic rings. The highest BCUT2D eigenvalue weighted by Crippen LogP contribution is 2.10. The molecule has 0 radical (unpaired) electrons. The van der Waals surface area contributed by atoms with Gasteiger partial charge in [0.25, 0.3) is 0 Å². The van der Waals surface area contributed by atoms with E-state index in [1.54, 1.807) is 12.1 Å². The molecule has 0 bridgehead atoms. The van der Waals surface area contributed by atoms with Crippen LogP contribution in [-0.4, -0.2) is 22.4 Å². The summed E-state index contributed by atoms with van der Waals surface area (Å²) in [6.07, 6.45) is 0.667. The van der Waals surface area contributed by atoms with E-state index in [1.807, 2.05) is 0 Å². The maximum atomic E-state index is 9.99. The van der Waals surface area contributed by atoms with Crippen LogP contribution >= 0.6 is 0 Å². The van der Waals surface area contributed by atoms with Crippen LogP contribution in [0.25, 0.3) is 0 Å². The van der Waals surface area contributed by atoms with Gasteiger partial charge in [0.15, 0.2) is 6.21 Å². The Morgan fingerprint density at radius 1 is 1.43 bits per heavy atom. The first-order chi connectivity index (χ1) is 6.68. The van der Waals surface area contributed by atoms with E-state index < -0.39 is 5.97 Å². The third-order valence-corrected chi connectivity index (χ3v) is 1.41. The number of rotatable bonds is 4. The summed E-state index contributed by atoms with van der Waals surface area (Å²) in [7, 11) is 0. The lowest BCUT2D eigenvalue weighted by Gasteiger charge is -1.98. The predicted octanol–water partition coefficient (Wildman–Crippen LogP) is 0.979. The van der Waals surface area contributed by atoms with Crippen molar-refractivity contribution in [3.63, 3.8) is 0 Å². The molecule has 1 rings (SSSR count). The molecule has 2 N–H and O–H groups in total. The molecule has 0 aliphatic heterocycles. The van der Waals surface area contributed by atoms with Gasteiger partial charge in [0.2, 0.25) is 0 Å². The molecule has 0 aliphatic carbocycles. The molecule has 5 nitrogen and oxygen atoms in total. The Hall–Kier alpha value is -2.04. The van der Waals surface area contributed by atoms with Crippen molar-refractivity contribution >= 4 is 12.2 Å². The van der Waals surface area contributed by atoms with Crippen LogP contribution in [0, 0.1) is 0 Å². The summed E-state index contributed by atoms with van der Waals surface area (Å²) in [4.78, 5) is 14.7. The fourth-order valence-corrected chi connectivity index (χ4v) is 0.786. The van der Waals surface area contributed by atoms with Crippen molar-refractivity contribution in [1.82, 2.24) is 0 Å². The average Bonchev–Trinajstić information content (AvgIpc) is 2.15. The third kappa shape index (κ3) is 3.57. The van der Waals surface area contributed by atoms with E-state index in [0.717, 1.165) is 5.56 Å². The monoisotopic (exact) mass is 195 g/mol. The lowest BCUT2D eigenvalue weighted by Crippen LogP contribution is -1.96. The van der Waals surface area contributed by atoms with Gasteiger partial charge >= 0.3 is 5.97 Å². The SMILES string of the molecule is O=C(O)/C=N/OCc1ccc(O)cc1. The van der Waals surface area contributed by atoms with Gasteiger partial charge in [-0.2, -0.15) is 0 Å². The summed E-state index contributed by atoms with van der Waals surface area (Å²) in [5.41, 5.74) is 0.797. The normalized spacial score (nSPS) is 10.3. The summed E-state index contributed by atoms with van der Waals surface area (Å²) in [6, 6.07) is 6.34. The van der Waals surface area contributed by atoms with Crippen LogP contribution in [0.5, 0.6) is 5.75 Å². The molecule has 14 heavy (non-hydrogen) atoms. The standard InChI is InChI=1S/C9H9NO4/c11-8-3-1-7(2-4-8)6-14-10-5-9(12)13/h1-5,11H,6H2,(H,12,13)/b10-5+. The van der Waals surface area contributed by atoms with Crippen molar-refractivity contribution in [3.05, 3.63) is 29.8 Å². The number of hydrogen-bond donors (Lipinski definition) is 2. The fourth-order valence-electron chi connectivity index (χ4n) is 0.786. The van der Waals surface area contributed by atoms with Gasteiger partial charge in [-0.25, -0.2) is 4.79 Å². The highest BCUT2D eigenvalue weighted by Gasteiger charge is 1.93. The molecule has 0 aromatic heterocycles. The average molecular weight is 195 g/mol. The summed E-state index contributed by atoms with van der Waals surface area (Å²) >= 11 is 0. The number of carboxylic acid groups (broad SMARTS) is 1. The second kappa shape index (κ2) is 4.86. The van der Waals surface area contributed by atoms with Gasteiger partial charge in [0.1, 0.15) is 12.4 Å². The molecule has 0 unspecified atom stereocenters. The van der Waals surface area contributed by atoms with Crippen LogP contribution in [0.15, 0.2) is 29.4 Å². The number of aromatic hydroxyl groups is 1. The van der Waals surface area contributed by atoms with Crippen molar-refractivity contribution in [1.29, 1.82) is 0 Å². The molecule has 0 fully saturated rings. The van der Waals surface area contributed by atoms with E-state index in [0.29, 0.717) is 6.21 Å². The zero-order valence-corrected chi connectivity index (χ0v) is 7.25. The zero-order chi connectivity index (χ0) is 10.4. The van der Waals surface area contributed by atoms with Crippen LogP contribution < -0.4 is 0 Å². The Balaban J connectivity index is 2.39. The molecule has 0 heterocycles. The number of carbonyl (C=O) groups is 1. The second-order valence-electron chi connectivity index (χ2n) is 2.51. The Morgan fingerprint density at radius 3 is 2.64 bits per heavy atom. The van der Waals surface area contributed by atoms with Crippen LogP contribution in [0.2, 0.25) is 0 Å². The molecule has 5 heteroatoms. The van der Waals surface area contributed by atoms with Crippen LogP contribution in [0.4, 0.5) is 0 Å². The lowest BCUT2D eigenvalue weighted by atomic mass is 10.2. The Labute approximate surface area is 80.2 Å². The summed E-state index contributed by atoms with van der Waals surface area (Å²) in [5, 5.41) is 20.3. The smallest absolute Gasteiger partial charge is 0.350 e. The van der Waals surface area contributed by atoms with Gasteiger partial charge in [-0.3, -0.25) is 0 Å². The fraction of sp³-hybridized carbons (Fsp3) is 0.111. The third-order valence-electron chi connectivity index (χ3n) is 1.41. The molecule has 0 atom stereocenters. The first kappa shape index (κ1) is 10.0. The minimum atomic E-state index is -1.16. The molecule has 1 aromatic carbocycles. The summed E-state index contributed by atoms with van der Waals surface area (Å²) in [5.74, 6) is -0.988. The number of hydrogen-bond acceptors (Lipinski definition) is 4. The summed E-state index contributed by atoms with van der Waals surface area (Å²) < 4.78 is 0. The van der Waals surface area contributed by atoms with Crippen molar-refractivity contribution < 1.29 is 19.8 Å². The van der Waals surface area contributed by atoms with E-state index in [4.69, 9.17) is 10.2 Å². The van der Waals surface area contributed by atoms with E-state index in [2.05, 4.69) is 9.99 Å². The molecular formula is C9H9NO4. The van der Waals surface area contributed by atoms with Crippen LogP contribution in [0.1, 0.15) is 5.56 Å². The maximum absolute atomic E-state index is 9.99. The molecule has 0 spiro atoms. The van der Waals surface area contributed by atoms with Crippen molar-refractivity contribution in [2.24, 2.45) is 5.16 Å². The molecule has 74 valence electrons. The highest BCUT2D eigenvalue weighted by atomic mass is 16.6. The van der Waals surface area contributed by atoms with E-state index in [-0.39, 0.29) is 12.4 Å². The number of nitrogens with zero attached hydrogens (tertiary/aromatic N) is 1. The number of phenols is 1. The van der Waals surface area contributed by atoms with E-state index in [9.17, 15) is 4.79 Å². The van der Waals surface area contributed by atoms with Crippen LogP contribution in [0.3, 0.4) is 0 Å². The van der Waals surface area contributed by atoms with Crippen molar-refractivity contribution in [2.75, 3.05) is 0 Å². The van der Waals surface area contributed by atoms with E-state index in [1.165, 1.54) is 12.1 Å². The Kier molecular flexibility index (Phi) is 3.49. The number of oxime groups is 1. The summed E-state index contributed by atoms with van der Waals surface area (Å²) in [6.45, 7) is 0.171. The second-order valence-corrected chi connectivity index (χ2v) is 2.51. The maximum Gasteiger partial charge on any atom is 0.350 e. The van der Waals surface area contributed by atoms with Crippen LogP contribution in [-0.2, 0) is 16.2 Å². The van der Waals surface area contributed by atoms with Crippen molar-refractivity contribution in [2.45, 2.75) is 6.61 Å². The molecule has 1 aromatic rings. The van der Waals surface area contributed by atoms with Gasteiger partial charge in [-0.15, -0.1) is 0 Å². The number of phenolic OH excluding ortho intramolecular Hbond substituents is 1. The van der Waals surface area contributed by atoms with Gasteiger partial charge in [-0.1, -0.05) is 17.3 Å². The molecular weight excluding hydrogens is 186 g/mol. The number of carboxylic acids is 1. The zero-order valence-electron chi connectivity index (χ0n) is 7.25. The topological polar surface area (TPSA) is 79.1 Å². The largest absolute Gasteiger partial charge is 0.508 e. The molecule has 0 saturated carbocycles. The van der Waals surface area contributed by atoms with Gasteiger partial charge in [0.05, 0.1) is 0 Å². The Bertz CT molecular complexity index is 331. The first-order valence-corrected chi connectivity index (χ1v) is 3.84. The highest BCUT2D eigenvalue weighted by molar-refractivity contribution is 6.21. The number of aliphatic carboxylic acids is 1. The quantitative estimate of drug-likeness (QED) is 0.554. The predicted molar refractivity (Wildman–Crippen MR) is 49.0 cm³/mol. The first-order valence-electron chi connectivity index (χ1n) is 3.84. The van der Waals surface area contributed by atoms with Gasteiger partial charge in [0, 0.05) is 0 Å². The van der Waals surface area contributed by atoms with Gasteiger partial charge in [-0.05, 0) is 17.7 Å². The van der Waals surface area contributed by atoms with Crippen molar-refractivity contribution in [3.8, 4) is 5.75 Å². The van der Waals surface area contributed by atoms with E-state index >= 15 is 0 Å². The minimum Gasteiger partial charge on any atom is -0.508 e. The minimum absolute atomic E-state index is 0.169. The molecule has 0 saturated heterocycles. The van der Waals surface area contributed by atoms with Gasteiger partial charge < -0.3 is 15.1 Å². The number of benzene rings is 1. The Morgan fingerprint density at radius 2 is 2.07 bits per heavy atom. The molecule has 0 amide bonds. The lowest BCUT2D eigenvalue weighted by molar-refractivity contribution is -0.129.